The molecule has 3 heterocycles. The Morgan fingerprint density at radius 1 is 1.05 bits per heavy atom. The lowest BCUT2D eigenvalue weighted by molar-refractivity contribution is 0.121. The fourth-order valence-corrected chi connectivity index (χ4v) is 3.83. The van der Waals surface area contributed by atoms with Crippen molar-refractivity contribution in [3.8, 4) is 0 Å². The molecule has 0 aliphatic carbocycles. The first-order chi connectivity index (χ1) is 10.3. The quantitative estimate of drug-likeness (QED) is 0.762. The van der Waals surface area contributed by atoms with E-state index in [1.807, 2.05) is 11.8 Å². The average Bonchev–Trinajstić information content (AvgIpc) is 2.90. The van der Waals surface area contributed by atoms with Gasteiger partial charge >= 0.3 is 0 Å². The molecule has 0 bridgehead atoms. The first kappa shape index (κ1) is 15.1. The molecule has 0 atom stereocenters. The molecule has 2 fully saturated rings. The zero-order valence-electron chi connectivity index (χ0n) is 12.8. The highest BCUT2D eigenvalue weighted by atomic mass is 32.2. The summed E-state index contributed by atoms with van der Waals surface area (Å²) in [7, 11) is 2.06. The summed E-state index contributed by atoms with van der Waals surface area (Å²) in [6, 6.07) is 0. The van der Waals surface area contributed by atoms with Crippen LogP contribution in [0.3, 0.4) is 0 Å². The molecule has 7 heteroatoms. The van der Waals surface area contributed by atoms with E-state index in [0.29, 0.717) is 0 Å². The van der Waals surface area contributed by atoms with E-state index in [1.54, 1.807) is 0 Å². The van der Waals surface area contributed by atoms with Crippen LogP contribution in [0.15, 0.2) is 5.16 Å². The van der Waals surface area contributed by atoms with Crippen molar-refractivity contribution in [2.24, 2.45) is 7.05 Å². The predicted molar refractivity (Wildman–Crippen MR) is 85.1 cm³/mol. The van der Waals surface area contributed by atoms with Gasteiger partial charge in [-0.3, -0.25) is 4.57 Å². The molecule has 21 heavy (non-hydrogen) atoms. The molecule has 0 spiro atoms. The highest BCUT2D eigenvalue weighted by Gasteiger charge is 2.18. The van der Waals surface area contributed by atoms with Crippen LogP contribution in [0.25, 0.3) is 0 Å². The summed E-state index contributed by atoms with van der Waals surface area (Å²) in [5, 5.41) is 9.72. The number of morpholine rings is 1. The molecule has 0 amide bonds. The second kappa shape index (κ2) is 7.47. The largest absolute Gasteiger partial charge is 0.378 e. The molecule has 3 rings (SSSR count). The molecule has 6 nitrogen and oxygen atoms in total. The summed E-state index contributed by atoms with van der Waals surface area (Å²) < 4.78 is 7.51. The average molecular weight is 311 g/mol. The Bertz CT molecular complexity index is 441. The Kier molecular flexibility index (Phi) is 5.38. The minimum atomic E-state index is 0.782. The third-order valence-corrected chi connectivity index (χ3v) is 5.19. The van der Waals surface area contributed by atoms with Crippen molar-refractivity contribution in [1.29, 1.82) is 0 Å². The molecule has 0 aromatic carbocycles. The molecule has 118 valence electrons. The molecular weight excluding hydrogens is 286 g/mol. The normalized spacial score (nSPS) is 20.9. The number of thioether (sulfide) groups is 1. The van der Waals surface area contributed by atoms with E-state index < -0.39 is 0 Å². The molecule has 2 aliphatic rings. The Labute approximate surface area is 130 Å². The van der Waals surface area contributed by atoms with Crippen molar-refractivity contribution in [2.75, 3.05) is 56.6 Å². The summed E-state index contributed by atoms with van der Waals surface area (Å²) in [5.41, 5.74) is 0. The number of piperidine rings is 1. The topological polar surface area (TPSA) is 46.4 Å². The molecule has 0 saturated carbocycles. The predicted octanol–water partition coefficient (Wildman–Crippen LogP) is 1.23. The first-order valence-electron chi connectivity index (χ1n) is 7.92. The zero-order valence-corrected chi connectivity index (χ0v) is 13.6. The van der Waals surface area contributed by atoms with E-state index >= 15 is 0 Å². The lowest BCUT2D eigenvalue weighted by Gasteiger charge is -2.27. The minimum absolute atomic E-state index is 0.782. The third-order valence-electron chi connectivity index (χ3n) is 4.19. The molecule has 2 saturated heterocycles. The Morgan fingerprint density at radius 2 is 1.81 bits per heavy atom. The van der Waals surface area contributed by atoms with Gasteiger partial charge in [-0.2, -0.15) is 0 Å². The van der Waals surface area contributed by atoms with Crippen LogP contribution in [0, 0.1) is 0 Å². The van der Waals surface area contributed by atoms with Gasteiger partial charge in [-0.25, -0.2) is 0 Å². The molecular formula is C14H25N5OS. The molecule has 0 radical (unpaired) electrons. The lowest BCUT2D eigenvalue weighted by Crippen LogP contribution is -2.37. The van der Waals surface area contributed by atoms with E-state index in [1.165, 1.54) is 32.4 Å². The number of hydrogen-bond acceptors (Lipinski definition) is 6. The second-order valence-electron chi connectivity index (χ2n) is 5.69. The van der Waals surface area contributed by atoms with Gasteiger partial charge in [0.15, 0.2) is 5.16 Å². The third kappa shape index (κ3) is 3.90. The van der Waals surface area contributed by atoms with Gasteiger partial charge in [0.1, 0.15) is 0 Å². The first-order valence-corrected chi connectivity index (χ1v) is 8.90. The molecule has 1 aromatic heterocycles. The van der Waals surface area contributed by atoms with Crippen LogP contribution in [0.4, 0.5) is 5.95 Å². The zero-order chi connectivity index (χ0) is 14.5. The van der Waals surface area contributed by atoms with Crippen LogP contribution in [0.1, 0.15) is 19.3 Å². The lowest BCUT2D eigenvalue weighted by atomic mass is 10.1. The van der Waals surface area contributed by atoms with Crippen molar-refractivity contribution in [3.63, 3.8) is 0 Å². The summed E-state index contributed by atoms with van der Waals surface area (Å²) in [4.78, 5) is 4.82. The standard InChI is InChI=1S/C14H25N5OS/c1-17-13(19-7-10-20-11-8-19)15-16-14(17)21-12-9-18-5-3-2-4-6-18/h2-12H2,1H3. The van der Waals surface area contributed by atoms with Crippen LogP contribution in [-0.4, -0.2) is 71.4 Å². The molecule has 1 aromatic rings. The number of nitrogens with zero attached hydrogens (tertiary/aromatic N) is 5. The maximum absolute atomic E-state index is 5.39. The van der Waals surface area contributed by atoms with Crippen LogP contribution in [-0.2, 0) is 11.8 Å². The van der Waals surface area contributed by atoms with E-state index in [0.717, 1.165) is 49.7 Å². The van der Waals surface area contributed by atoms with Gasteiger partial charge < -0.3 is 14.5 Å². The van der Waals surface area contributed by atoms with Crippen LogP contribution in [0.5, 0.6) is 0 Å². The summed E-state index contributed by atoms with van der Waals surface area (Å²) in [6.07, 6.45) is 4.11. The van der Waals surface area contributed by atoms with E-state index in [4.69, 9.17) is 4.74 Å². The van der Waals surface area contributed by atoms with E-state index in [-0.39, 0.29) is 0 Å². The monoisotopic (exact) mass is 311 g/mol. The fourth-order valence-electron chi connectivity index (χ4n) is 2.92. The Balaban J connectivity index is 1.50. The number of hydrogen-bond donors (Lipinski definition) is 0. The molecule has 0 unspecified atom stereocenters. The fraction of sp³-hybridized carbons (Fsp3) is 0.857. The van der Waals surface area contributed by atoms with Crippen molar-refractivity contribution in [2.45, 2.75) is 24.4 Å². The number of anilines is 1. The summed E-state index contributed by atoms with van der Waals surface area (Å²) in [6.45, 7) is 7.06. The van der Waals surface area contributed by atoms with Crippen LogP contribution >= 0.6 is 11.8 Å². The van der Waals surface area contributed by atoms with Gasteiger partial charge in [-0.15, -0.1) is 10.2 Å². The van der Waals surface area contributed by atoms with Gasteiger partial charge in [-0.1, -0.05) is 18.2 Å². The Morgan fingerprint density at radius 3 is 2.57 bits per heavy atom. The van der Waals surface area contributed by atoms with Crippen molar-refractivity contribution in [3.05, 3.63) is 0 Å². The number of ether oxygens (including phenoxy) is 1. The second-order valence-corrected chi connectivity index (χ2v) is 6.75. The number of aromatic nitrogens is 3. The highest BCUT2D eigenvalue weighted by Crippen LogP contribution is 2.21. The van der Waals surface area contributed by atoms with Crippen molar-refractivity contribution >= 4 is 17.7 Å². The smallest absolute Gasteiger partial charge is 0.227 e. The number of likely N-dealkylation sites (tertiary alicyclic amines) is 1. The summed E-state index contributed by atoms with van der Waals surface area (Å²) in [5.74, 6) is 2.06. The molecule has 0 N–H and O–H groups in total. The van der Waals surface area contributed by atoms with Crippen molar-refractivity contribution in [1.82, 2.24) is 19.7 Å². The molecule has 2 aliphatic heterocycles. The maximum Gasteiger partial charge on any atom is 0.227 e. The van der Waals surface area contributed by atoms with Gasteiger partial charge in [-0.05, 0) is 25.9 Å². The van der Waals surface area contributed by atoms with E-state index in [2.05, 4.69) is 31.6 Å². The van der Waals surface area contributed by atoms with Gasteiger partial charge in [0.05, 0.1) is 13.2 Å². The van der Waals surface area contributed by atoms with Crippen molar-refractivity contribution < 1.29 is 4.74 Å². The SMILES string of the molecule is Cn1c(SCCN2CCCCC2)nnc1N1CCOCC1. The number of rotatable bonds is 5. The van der Waals surface area contributed by atoms with Gasteiger partial charge in [0.25, 0.3) is 0 Å². The maximum atomic E-state index is 5.39. The van der Waals surface area contributed by atoms with Gasteiger partial charge in [0, 0.05) is 32.4 Å². The van der Waals surface area contributed by atoms with Crippen LogP contribution in [0.2, 0.25) is 0 Å². The summed E-state index contributed by atoms with van der Waals surface area (Å²) >= 11 is 1.82. The Hall–Kier alpha value is -0.790. The van der Waals surface area contributed by atoms with Gasteiger partial charge in [0.2, 0.25) is 5.95 Å². The minimum Gasteiger partial charge on any atom is -0.378 e. The van der Waals surface area contributed by atoms with E-state index in [9.17, 15) is 0 Å². The van der Waals surface area contributed by atoms with Crippen LogP contribution < -0.4 is 4.90 Å². The highest BCUT2D eigenvalue weighted by molar-refractivity contribution is 7.99.